The van der Waals surface area contributed by atoms with Gasteiger partial charge in [0, 0.05) is 12.2 Å². The smallest absolute Gasteiger partial charge is 0.211 e. The van der Waals surface area contributed by atoms with Crippen molar-refractivity contribution in [1.29, 1.82) is 0 Å². The SMILES string of the molecule is c1cnc2nc(CNC3CC3)oc2c1. The van der Waals surface area contributed by atoms with E-state index in [2.05, 4.69) is 15.3 Å². The van der Waals surface area contributed by atoms with Gasteiger partial charge in [-0.15, -0.1) is 0 Å². The summed E-state index contributed by atoms with van der Waals surface area (Å²) < 4.78 is 5.51. The number of aromatic nitrogens is 2. The van der Waals surface area contributed by atoms with Crippen LogP contribution in [0.3, 0.4) is 0 Å². The highest BCUT2D eigenvalue weighted by molar-refractivity contribution is 5.66. The molecule has 1 N–H and O–H groups in total. The molecule has 1 fully saturated rings. The monoisotopic (exact) mass is 189 g/mol. The number of hydrogen-bond donors (Lipinski definition) is 1. The van der Waals surface area contributed by atoms with Crippen molar-refractivity contribution in [2.24, 2.45) is 0 Å². The Morgan fingerprint density at radius 2 is 2.43 bits per heavy atom. The zero-order valence-corrected chi connectivity index (χ0v) is 7.73. The minimum atomic E-state index is 0.679. The zero-order chi connectivity index (χ0) is 9.38. The number of hydrogen-bond acceptors (Lipinski definition) is 4. The Kier molecular flexibility index (Phi) is 1.73. The third kappa shape index (κ3) is 1.48. The maximum Gasteiger partial charge on any atom is 0.211 e. The largest absolute Gasteiger partial charge is 0.438 e. The van der Waals surface area contributed by atoms with Crippen LogP contribution in [0.5, 0.6) is 0 Å². The van der Waals surface area contributed by atoms with Crippen molar-refractivity contribution < 1.29 is 4.42 Å². The van der Waals surface area contributed by atoms with Crippen molar-refractivity contribution in [2.45, 2.75) is 25.4 Å². The molecular weight excluding hydrogens is 178 g/mol. The molecule has 2 heterocycles. The molecule has 4 nitrogen and oxygen atoms in total. The Balaban J connectivity index is 1.82. The Bertz CT molecular complexity index is 414. The van der Waals surface area contributed by atoms with E-state index in [1.165, 1.54) is 12.8 Å². The summed E-state index contributed by atoms with van der Waals surface area (Å²) in [5, 5.41) is 3.35. The molecule has 2 aromatic heterocycles. The molecule has 72 valence electrons. The highest BCUT2D eigenvalue weighted by Crippen LogP contribution is 2.19. The van der Waals surface area contributed by atoms with Crippen molar-refractivity contribution in [3.05, 3.63) is 24.2 Å². The lowest BCUT2D eigenvalue weighted by Gasteiger charge is -1.95. The van der Waals surface area contributed by atoms with Crippen LogP contribution in [0.25, 0.3) is 11.2 Å². The molecule has 0 spiro atoms. The highest BCUT2D eigenvalue weighted by Gasteiger charge is 2.21. The second-order valence-corrected chi connectivity index (χ2v) is 3.59. The third-order valence-electron chi connectivity index (χ3n) is 2.33. The van der Waals surface area contributed by atoms with E-state index < -0.39 is 0 Å². The fourth-order valence-electron chi connectivity index (χ4n) is 1.41. The molecule has 0 amide bonds. The summed E-state index contributed by atoms with van der Waals surface area (Å²) >= 11 is 0. The first-order valence-corrected chi connectivity index (χ1v) is 4.85. The molecule has 1 aliphatic rings. The Morgan fingerprint density at radius 3 is 3.21 bits per heavy atom. The predicted molar refractivity (Wildman–Crippen MR) is 51.7 cm³/mol. The minimum Gasteiger partial charge on any atom is -0.438 e. The highest BCUT2D eigenvalue weighted by atomic mass is 16.3. The standard InChI is InChI=1S/C10H11N3O/c1-2-8-10(11-5-1)13-9(14-8)6-12-7-3-4-7/h1-2,5,7,12H,3-4,6H2. The van der Waals surface area contributed by atoms with Gasteiger partial charge in [-0.1, -0.05) is 0 Å². The van der Waals surface area contributed by atoms with Crippen LogP contribution in [0.15, 0.2) is 22.7 Å². The summed E-state index contributed by atoms with van der Waals surface area (Å²) in [6, 6.07) is 4.42. The molecule has 0 unspecified atom stereocenters. The van der Waals surface area contributed by atoms with Crippen LogP contribution >= 0.6 is 0 Å². The summed E-state index contributed by atoms with van der Waals surface area (Å²) in [5.74, 6) is 0.727. The topological polar surface area (TPSA) is 51.0 Å². The van der Waals surface area contributed by atoms with Crippen LogP contribution in [0.4, 0.5) is 0 Å². The maximum atomic E-state index is 5.51. The molecule has 2 aromatic rings. The van der Waals surface area contributed by atoms with Crippen LogP contribution in [0, 0.1) is 0 Å². The zero-order valence-electron chi connectivity index (χ0n) is 7.73. The van der Waals surface area contributed by atoms with Gasteiger partial charge in [0.05, 0.1) is 6.54 Å². The first kappa shape index (κ1) is 7.94. The van der Waals surface area contributed by atoms with Crippen molar-refractivity contribution >= 4 is 11.2 Å². The van der Waals surface area contributed by atoms with Gasteiger partial charge in [-0.3, -0.25) is 0 Å². The number of pyridine rings is 1. The summed E-state index contributed by atoms with van der Waals surface area (Å²) in [4.78, 5) is 8.38. The van der Waals surface area contributed by atoms with E-state index in [9.17, 15) is 0 Å². The maximum absolute atomic E-state index is 5.51. The molecule has 4 heteroatoms. The van der Waals surface area contributed by atoms with Crippen LogP contribution in [-0.2, 0) is 6.54 Å². The van der Waals surface area contributed by atoms with Gasteiger partial charge in [-0.25, -0.2) is 4.98 Å². The van der Waals surface area contributed by atoms with E-state index in [0.717, 1.165) is 11.5 Å². The molecule has 0 saturated heterocycles. The van der Waals surface area contributed by atoms with Gasteiger partial charge in [0.15, 0.2) is 11.2 Å². The van der Waals surface area contributed by atoms with E-state index in [4.69, 9.17) is 4.42 Å². The Hall–Kier alpha value is -1.42. The van der Waals surface area contributed by atoms with Crippen LogP contribution in [0.1, 0.15) is 18.7 Å². The average molecular weight is 189 g/mol. The van der Waals surface area contributed by atoms with Gasteiger partial charge in [0.1, 0.15) is 0 Å². The lowest BCUT2D eigenvalue weighted by Crippen LogP contribution is -2.15. The number of rotatable bonds is 3. The second-order valence-electron chi connectivity index (χ2n) is 3.59. The fourth-order valence-corrected chi connectivity index (χ4v) is 1.41. The first-order chi connectivity index (χ1) is 6.92. The average Bonchev–Trinajstić information content (AvgIpc) is 2.94. The van der Waals surface area contributed by atoms with E-state index in [0.29, 0.717) is 18.2 Å². The summed E-state index contributed by atoms with van der Waals surface area (Å²) in [7, 11) is 0. The van der Waals surface area contributed by atoms with E-state index in [1.807, 2.05) is 12.1 Å². The molecule has 0 aromatic carbocycles. The molecule has 0 atom stereocenters. The Morgan fingerprint density at radius 1 is 1.50 bits per heavy atom. The quantitative estimate of drug-likeness (QED) is 0.794. The molecule has 0 radical (unpaired) electrons. The van der Waals surface area contributed by atoms with Gasteiger partial charge in [-0.05, 0) is 25.0 Å². The summed E-state index contributed by atoms with van der Waals surface area (Å²) in [6.45, 7) is 0.709. The van der Waals surface area contributed by atoms with E-state index >= 15 is 0 Å². The molecule has 3 rings (SSSR count). The van der Waals surface area contributed by atoms with Gasteiger partial charge < -0.3 is 9.73 Å². The van der Waals surface area contributed by atoms with Crippen LogP contribution < -0.4 is 5.32 Å². The van der Waals surface area contributed by atoms with Gasteiger partial charge in [0.2, 0.25) is 5.89 Å². The molecule has 0 bridgehead atoms. The van der Waals surface area contributed by atoms with Crippen LogP contribution in [-0.4, -0.2) is 16.0 Å². The molecule has 1 saturated carbocycles. The molecular formula is C10H11N3O. The third-order valence-corrected chi connectivity index (χ3v) is 2.33. The fraction of sp³-hybridized carbons (Fsp3) is 0.400. The number of nitrogens with one attached hydrogen (secondary N) is 1. The van der Waals surface area contributed by atoms with E-state index in [1.54, 1.807) is 6.20 Å². The van der Waals surface area contributed by atoms with Gasteiger partial charge in [-0.2, -0.15) is 4.98 Å². The minimum absolute atomic E-state index is 0.679. The molecule has 1 aliphatic carbocycles. The predicted octanol–water partition coefficient (Wildman–Crippen LogP) is 1.47. The number of nitrogens with zero attached hydrogens (tertiary/aromatic N) is 2. The van der Waals surface area contributed by atoms with Crippen molar-refractivity contribution in [3.63, 3.8) is 0 Å². The Labute approximate surface area is 81.4 Å². The molecule has 0 aliphatic heterocycles. The normalized spacial score (nSPS) is 16.3. The number of oxazole rings is 1. The first-order valence-electron chi connectivity index (χ1n) is 4.85. The molecule has 14 heavy (non-hydrogen) atoms. The summed E-state index contributed by atoms with van der Waals surface area (Å²) in [6.07, 6.45) is 4.28. The number of fused-ring (bicyclic) bond motifs is 1. The van der Waals surface area contributed by atoms with E-state index in [-0.39, 0.29) is 0 Å². The second kappa shape index (κ2) is 3.06. The van der Waals surface area contributed by atoms with Crippen LogP contribution in [0.2, 0.25) is 0 Å². The van der Waals surface area contributed by atoms with Crippen molar-refractivity contribution in [2.75, 3.05) is 0 Å². The summed E-state index contributed by atoms with van der Waals surface area (Å²) in [5.41, 5.74) is 1.46. The van der Waals surface area contributed by atoms with Gasteiger partial charge in [0.25, 0.3) is 0 Å². The lowest BCUT2D eigenvalue weighted by atomic mass is 10.5. The van der Waals surface area contributed by atoms with Gasteiger partial charge >= 0.3 is 0 Å². The van der Waals surface area contributed by atoms with Crippen molar-refractivity contribution in [1.82, 2.24) is 15.3 Å². The van der Waals surface area contributed by atoms with Crippen molar-refractivity contribution in [3.8, 4) is 0 Å². The lowest BCUT2D eigenvalue weighted by molar-refractivity contribution is 0.494.